The van der Waals surface area contributed by atoms with Gasteiger partial charge in [-0.1, -0.05) is 0 Å². The Labute approximate surface area is 108 Å². The molecule has 0 saturated heterocycles. The molecule has 0 aliphatic heterocycles. The van der Waals surface area contributed by atoms with E-state index < -0.39 is 0 Å². The molecule has 0 bridgehead atoms. The quantitative estimate of drug-likeness (QED) is 0.835. The maximum Gasteiger partial charge on any atom is 0.235 e. The first-order valence-corrected chi connectivity index (χ1v) is 6.32. The van der Waals surface area contributed by atoms with Gasteiger partial charge < -0.3 is 5.32 Å². The first kappa shape index (κ1) is 12.6. The van der Waals surface area contributed by atoms with Crippen molar-refractivity contribution < 1.29 is 9.18 Å². The molecule has 1 aromatic carbocycles. The normalized spacial score (nSPS) is 10.3. The summed E-state index contributed by atoms with van der Waals surface area (Å²) in [4.78, 5) is 12.5. The molecule has 0 saturated carbocycles. The molecule has 18 heavy (non-hydrogen) atoms. The Balaban J connectivity index is 1.85. The molecular formula is C12H12FN3OS. The molecule has 0 atom stereocenters. The van der Waals surface area contributed by atoms with E-state index in [2.05, 4.69) is 15.5 Å². The van der Waals surface area contributed by atoms with Gasteiger partial charge in [-0.15, -0.1) is 11.8 Å². The molecular weight excluding hydrogens is 253 g/mol. The summed E-state index contributed by atoms with van der Waals surface area (Å²) in [5.41, 5.74) is 0.884. The molecule has 0 fully saturated rings. The van der Waals surface area contributed by atoms with Gasteiger partial charge in [-0.25, -0.2) is 4.39 Å². The number of aromatic nitrogens is 2. The van der Waals surface area contributed by atoms with Crippen molar-refractivity contribution in [2.45, 2.75) is 11.8 Å². The number of aromatic amines is 1. The van der Waals surface area contributed by atoms with Crippen LogP contribution >= 0.6 is 11.8 Å². The molecule has 2 aromatic rings. The fourth-order valence-corrected chi connectivity index (χ4v) is 2.03. The van der Waals surface area contributed by atoms with Crippen LogP contribution < -0.4 is 5.32 Å². The predicted octanol–water partition coefficient (Wildman–Crippen LogP) is 2.59. The maximum atomic E-state index is 12.7. The van der Waals surface area contributed by atoms with Gasteiger partial charge in [0.25, 0.3) is 0 Å². The maximum absolute atomic E-state index is 12.7. The molecule has 0 radical (unpaired) electrons. The fourth-order valence-electron chi connectivity index (χ4n) is 1.33. The van der Waals surface area contributed by atoms with Gasteiger partial charge in [0.2, 0.25) is 5.91 Å². The van der Waals surface area contributed by atoms with E-state index in [0.29, 0.717) is 5.82 Å². The third-order valence-electron chi connectivity index (χ3n) is 2.28. The van der Waals surface area contributed by atoms with Crippen LogP contribution in [0.15, 0.2) is 35.4 Å². The second-order valence-electron chi connectivity index (χ2n) is 3.72. The lowest BCUT2D eigenvalue weighted by Gasteiger charge is -2.03. The van der Waals surface area contributed by atoms with Crippen LogP contribution in [0.2, 0.25) is 0 Å². The topological polar surface area (TPSA) is 57.8 Å². The van der Waals surface area contributed by atoms with E-state index in [4.69, 9.17) is 0 Å². The summed E-state index contributed by atoms with van der Waals surface area (Å²) in [5.74, 6) is 0.470. The molecule has 1 aromatic heterocycles. The average molecular weight is 265 g/mol. The number of halogens is 1. The van der Waals surface area contributed by atoms with Crippen molar-refractivity contribution in [3.63, 3.8) is 0 Å². The summed E-state index contributed by atoms with van der Waals surface area (Å²) in [5, 5.41) is 9.24. The van der Waals surface area contributed by atoms with Crippen molar-refractivity contribution in [1.29, 1.82) is 0 Å². The Bertz CT molecular complexity index is 539. The minimum Gasteiger partial charge on any atom is -0.310 e. The van der Waals surface area contributed by atoms with Gasteiger partial charge in [-0.2, -0.15) is 5.10 Å². The number of carbonyl (C=O) groups is 1. The van der Waals surface area contributed by atoms with Crippen molar-refractivity contribution >= 4 is 23.5 Å². The minimum absolute atomic E-state index is 0.128. The van der Waals surface area contributed by atoms with Crippen LogP contribution in [-0.4, -0.2) is 21.9 Å². The molecule has 0 aliphatic rings. The third-order valence-corrected chi connectivity index (χ3v) is 3.29. The highest BCUT2D eigenvalue weighted by atomic mass is 32.2. The van der Waals surface area contributed by atoms with E-state index in [1.54, 1.807) is 18.3 Å². The molecule has 4 nitrogen and oxygen atoms in total. The standard InChI is InChI=1S/C12H12FN3OS/c1-8-6-14-16-12(8)15-11(17)7-18-10-4-2-9(13)3-5-10/h2-6H,7H2,1H3,(H2,14,15,16,17). The number of hydrogen-bond donors (Lipinski definition) is 2. The number of hydrogen-bond acceptors (Lipinski definition) is 3. The van der Waals surface area contributed by atoms with Crippen LogP contribution in [0, 0.1) is 12.7 Å². The number of rotatable bonds is 4. The zero-order chi connectivity index (χ0) is 13.0. The molecule has 2 rings (SSSR count). The SMILES string of the molecule is Cc1cn[nH]c1NC(=O)CSc1ccc(F)cc1. The lowest BCUT2D eigenvalue weighted by Crippen LogP contribution is -2.14. The first-order valence-electron chi connectivity index (χ1n) is 5.33. The summed E-state index contributed by atoms with van der Waals surface area (Å²) >= 11 is 1.35. The van der Waals surface area contributed by atoms with Gasteiger partial charge in [-0.05, 0) is 31.2 Å². The van der Waals surface area contributed by atoms with Crippen LogP contribution in [0.4, 0.5) is 10.2 Å². The molecule has 1 amide bonds. The fraction of sp³-hybridized carbons (Fsp3) is 0.167. The first-order chi connectivity index (χ1) is 8.65. The highest BCUT2D eigenvalue weighted by Gasteiger charge is 2.06. The van der Waals surface area contributed by atoms with Crippen molar-refractivity contribution in [1.82, 2.24) is 10.2 Å². The second kappa shape index (κ2) is 5.68. The lowest BCUT2D eigenvalue weighted by molar-refractivity contribution is -0.113. The molecule has 0 aliphatic carbocycles. The van der Waals surface area contributed by atoms with Gasteiger partial charge in [-0.3, -0.25) is 9.89 Å². The number of anilines is 1. The van der Waals surface area contributed by atoms with Crippen LogP contribution in [-0.2, 0) is 4.79 Å². The number of nitrogens with one attached hydrogen (secondary N) is 2. The van der Waals surface area contributed by atoms with Gasteiger partial charge in [0, 0.05) is 10.5 Å². The molecule has 1 heterocycles. The van der Waals surface area contributed by atoms with Crippen LogP contribution in [0.1, 0.15) is 5.56 Å². The number of thioether (sulfide) groups is 1. The minimum atomic E-state index is -0.281. The zero-order valence-electron chi connectivity index (χ0n) is 9.74. The molecule has 2 N–H and O–H groups in total. The smallest absolute Gasteiger partial charge is 0.235 e. The zero-order valence-corrected chi connectivity index (χ0v) is 10.6. The van der Waals surface area contributed by atoms with Gasteiger partial charge in [0.15, 0.2) is 0 Å². The number of nitrogens with zero attached hydrogens (tertiary/aromatic N) is 1. The van der Waals surface area contributed by atoms with Crippen LogP contribution in [0.5, 0.6) is 0 Å². The van der Waals surface area contributed by atoms with Crippen molar-refractivity contribution in [3.8, 4) is 0 Å². The van der Waals surface area contributed by atoms with Crippen LogP contribution in [0.3, 0.4) is 0 Å². The highest BCUT2D eigenvalue weighted by Crippen LogP contribution is 2.18. The van der Waals surface area contributed by atoms with E-state index in [1.165, 1.54) is 23.9 Å². The van der Waals surface area contributed by atoms with Crippen LogP contribution in [0.25, 0.3) is 0 Å². The van der Waals surface area contributed by atoms with Crippen molar-refractivity contribution in [2.75, 3.05) is 11.1 Å². The summed E-state index contributed by atoms with van der Waals surface area (Å²) < 4.78 is 12.7. The van der Waals surface area contributed by atoms with E-state index in [-0.39, 0.29) is 17.5 Å². The van der Waals surface area contributed by atoms with E-state index in [9.17, 15) is 9.18 Å². The largest absolute Gasteiger partial charge is 0.310 e. The molecule has 6 heteroatoms. The Morgan fingerprint density at radius 3 is 2.78 bits per heavy atom. The van der Waals surface area contributed by atoms with E-state index >= 15 is 0 Å². The summed E-state index contributed by atoms with van der Waals surface area (Å²) in [6.45, 7) is 1.85. The molecule has 94 valence electrons. The van der Waals surface area contributed by atoms with E-state index in [1.807, 2.05) is 6.92 Å². The Hall–Kier alpha value is -1.82. The van der Waals surface area contributed by atoms with Gasteiger partial charge in [0.1, 0.15) is 11.6 Å². The number of aryl methyl sites for hydroxylation is 1. The Morgan fingerprint density at radius 2 is 2.17 bits per heavy atom. The third kappa shape index (κ3) is 3.33. The van der Waals surface area contributed by atoms with E-state index in [0.717, 1.165) is 10.5 Å². The van der Waals surface area contributed by atoms with Crippen molar-refractivity contribution in [2.24, 2.45) is 0 Å². The highest BCUT2D eigenvalue weighted by molar-refractivity contribution is 8.00. The number of benzene rings is 1. The predicted molar refractivity (Wildman–Crippen MR) is 69.1 cm³/mol. The summed E-state index contributed by atoms with van der Waals surface area (Å²) in [7, 11) is 0. The Kier molecular flexibility index (Phi) is 3.99. The number of amides is 1. The number of H-pyrrole nitrogens is 1. The number of carbonyl (C=O) groups excluding carboxylic acids is 1. The van der Waals surface area contributed by atoms with Gasteiger partial charge >= 0.3 is 0 Å². The molecule has 0 unspecified atom stereocenters. The Morgan fingerprint density at radius 1 is 1.44 bits per heavy atom. The molecule has 0 spiro atoms. The van der Waals surface area contributed by atoms with Crippen molar-refractivity contribution in [3.05, 3.63) is 41.8 Å². The summed E-state index contributed by atoms with van der Waals surface area (Å²) in [6.07, 6.45) is 1.64. The monoisotopic (exact) mass is 265 g/mol. The second-order valence-corrected chi connectivity index (χ2v) is 4.77. The lowest BCUT2D eigenvalue weighted by atomic mass is 10.4. The summed E-state index contributed by atoms with van der Waals surface area (Å²) in [6, 6.07) is 6.04. The average Bonchev–Trinajstić information content (AvgIpc) is 2.74. The van der Waals surface area contributed by atoms with Gasteiger partial charge in [0.05, 0.1) is 11.9 Å².